The molecule has 2 N–H and O–H groups in total. The highest BCUT2D eigenvalue weighted by molar-refractivity contribution is 7.82. The van der Waals surface area contributed by atoms with E-state index in [0.29, 0.717) is 29.5 Å². The van der Waals surface area contributed by atoms with Crippen LogP contribution in [0.15, 0.2) is 28.7 Å². The Morgan fingerprint density at radius 3 is 2.80 bits per heavy atom. The predicted molar refractivity (Wildman–Crippen MR) is 111 cm³/mol. The molecule has 1 spiro atoms. The van der Waals surface area contributed by atoms with Gasteiger partial charge in [0.2, 0.25) is 5.91 Å². The normalized spacial score (nSPS) is 23.7. The zero-order valence-electron chi connectivity index (χ0n) is 17.3. The minimum atomic E-state index is -1.42. The van der Waals surface area contributed by atoms with Gasteiger partial charge in [0.1, 0.15) is 11.0 Å². The average molecular weight is 435 g/mol. The van der Waals surface area contributed by atoms with E-state index in [2.05, 4.69) is 24.9 Å². The summed E-state index contributed by atoms with van der Waals surface area (Å²) in [7, 11) is 1.79. The SMILES string of the molecule is COC(=O)C1=C(CN2CC3(CC3)CC2C(=O)NS(C)=O)NC(c2nccn2C)=NC1. The number of nitrogens with one attached hydrogen (secondary N) is 2. The Morgan fingerprint density at radius 1 is 1.43 bits per heavy atom. The van der Waals surface area contributed by atoms with Crippen LogP contribution in [0, 0.1) is 5.41 Å². The molecule has 0 radical (unpaired) electrons. The Morgan fingerprint density at radius 2 is 2.20 bits per heavy atom. The van der Waals surface area contributed by atoms with E-state index in [0.717, 1.165) is 25.8 Å². The summed E-state index contributed by atoms with van der Waals surface area (Å²) < 4.78 is 20.8. The number of ether oxygens (including phenoxy) is 1. The Labute approximate surface area is 177 Å². The second-order valence-electron chi connectivity index (χ2n) is 8.15. The standard InChI is InChI=1S/C19H26N6O4S/c1-24-7-6-20-16(24)15-21-9-12(18(27)29-2)13(22-15)10-25-11-19(4-5-19)8-14(25)17(26)23-30(3)28/h6-7,14H,4-5,8-11H2,1-3H3,(H,21,22)(H,23,26). The van der Waals surface area contributed by atoms with Crippen molar-refractivity contribution in [3.05, 3.63) is 29.5 Å². The first-order valence-corrected chi connectivity index (χ1v) is 11.4. The Balaban J connectivity index is 1.59. The second kappa shape index (κ2) is 7.95. The van der Waals surface area contributed by atoms with E-state index in [1.54, 1.807) is 6.20 Å². The van der Waals surface area contributed by atoms with Crippen molar-refractivity contribution in [2.75, 3.05) is 33.0 Å². The molecule has 11 heteroatoms. The molecule has 2 aliphatic heterocycles. The fraction of sp³-hybridized carbons (Fsp3) is 0.579. The van der Waals surface area contributed by atoms with Crippen molar-refractivity contribution in [2.24, 2.45) is 17.5 Å². The Kier molecular flexibility index (Phi) is 5.49. The quantitative estimate of drug-likeness (QED) is 0.578. The molecular formula is C19H26N6O4S. The number of amides is 1. The van der Waals surface area contributed by atoms with Gasteiger partial charge in [-0.1, -0.05) is 0 Å². The van der Waals surface area contributed by atoms with E-state index in [1.165, 1.54) is 13.4 Å². The number of imidazole rings is 1. The minimum absolute atomic E-state index is 0.147. The molecule has 162 valence electrons. The lowest BCUT2D eigenvalue weighted by Crippen LogP contribution is -2.46. The molecule has 3 aliphatic rings. The summed E-state index contributed by atoms with van der Waals surface area (Å²) in [4.78, 5) is 35.9. The van der Waals surface area contributed by atoms with Crippen molar-refractivity contribution in [3.63, 3.8) is 0 Å². The highest BCUT2D eigenvalue weighted by Gasteiger charge is 2.54. The van der Waals surface area contributed by atoms with Crippen LogP contribution < -0.4 is 10.0 Å². The summed E-state index contributed by atoms with van der Waals surface area (Å²) in [6.07, 6.45) is 7.84. The molecule has 2 unspecified atom stereocenters. The van der Waals surface area contributed by atoms with Crippen LogP contribution in [0.25, 0.3) is 0 Å². The number of carbonyl (C=O) groups excluding carboxylic acids is 2. The first-order chi connectivity index (χ1) is 14.3. The van der Waals surface area contributed by atoms with Gasteiger partial charge in [-0.05, 0) is 24.7 Å². The molecule has 10 nitrogen and oxygen atoms in total. The maximum Gasteiger partial charge on any atom is 0.337 e. The Hall–Kier alpha value is -2.53. The number of hydrogen-bond donors (Lipinski definition) is 2. The van der Waals surface area contributed by atoms with Gasteiger partial charge in [-0.2, -0.15) is 0 Å². The van der Waals surface area contributed by atoms with Crippen molar-refractivity contribution in [1.29, 1.82) is 0 Å². The smallest absolute Gasteiger partial charge is 0.337 e. The lowest BCUT2D eigenvalue weighted by molar-refractivity contribution is -0.136. The van der Waals surface area contributed by atoms with E-state index in [1.807, 2.05) is 17.8 Å². The number of nitrogens with zero attached hydrogens (tertiary/aromatic N) is 4. The molecule has 1 aliphatic carbocycles. The zero-order valence-corrected chi connectivity index (χ0v) is 18.1. The van der Waals surface area contributed by atoms with Crippen molar-refractivity contribution >= 4 is 28.7 Å². The molecule has 2 fully saturated rings. The molecule has 0 bridgehead atoms. The fourth-order valence-electron chi connectivity index (χ4n) is 4.20. The number of esters is 1. The monoisotopic (exact) mass is 434 g/mol. The minimum Gasteiger partial charge on any atom is -0.466 e. The predicted octanol–water partition coefficient (Wildman–Crippen LogP) is -0.539. The van der Waals surface area contributed by atoms with Gasteiger partial charge in [0.15, 0.2) is 11.7 Å². The third-order valence-electron chi connectivity index (χ3n) is 5.96. The van der Waals surface area contributed by atoms with Gasteiger partial charge in [0, 0.05) is 44.5 Å². The van der Waals surface area contributed by atoms with Crippen molar-refractivity contribution < 1.29 is 18.5 Å². The summed E-state index contributed by atoms with van der Waals surface area (Å²) in [6, 6.07) is -0.389. The van der Waals surface area contributed by atoms with Gasteiger partial charge in [0.25, 0.3) is 0 Å². The van der Waals surface area contributed by atoms with E-state index in [-0.39, 0.29) is 23.9 Å². The highest BCUT2D eigenvalue weighted by atomic mass is 32.2. The van der Waals surface area contributed by atoms with E-state index in [9.17, 15) is 13.8 Å². The summed E-state index contributed by atoms with van der Waals surface area (Å²) in [5, 5.41) is 3.25. The number of hydrogen-bond acceptors (Lipinski definition) is 8. The summed E-state index contributed by atoms with van der Waals surface area (Å²) in [5.41, 5.74) is 1.24. The van der Waals surface area contributed by atoms with Crippen LogP contribution in [0.1, 0.15) is 25.1 Å². The van der Waals surface area contributed by atoms with E-state index >= 15 is 0 Å². The summed E-state index contributed by atoms with van der Waals surface area (Å²) in [5.74, 6) is 0.540. The lowest BCUT2D eigenvalue weighted by atomic mass is 10.0. The van der Waals surface area contributed by atoms with Crippen LogP contribution in [-0.4, -0.2) is 75.4 Å². The largest absolute Gasteiger partial charge is 0.466 e. The second-order valence-corrected chi connectivity index (χ2v) is 9.26. The molecule has 1 saturated heterocycles. The van der Waals surface area contributed by atoms with Gasteiger partial charge in [-0.15, -0.1) is 0 Å². The molecule has 1 aromatic heterocycles. The molecule has 4 rings (SSSR count). The molecular weight excluding hydrogens is 408 g/mol. The number of aromatic nitrogens is 2. The number of likely N-dealkylation sites (tertiary alicyclic amines) is 1. The van der Waals surface area contributed by atoms with Crippen LogP contribution in [-0.2, 0) is 32.4 Å². The molecule has 3 heterocycles. The van der Waals surface area contributed by atoms with Gasteiger partial charge >= 0.3 is 5.97 Å². The van der Waals surface area contributed by atoms with Gasteiger partial charge < -0.3 is 14.6 Å². The van der Waals surface area contributed by atoms with Gasteiger partial charge in [-0.25, -0.2) is 14.0 Å². The molecule has 30 heavy (non-hydrogen) atoms. The first kappa shape index (κ1) is 20.7. The van der Waals surface area contributed by atoms with E-state index < -0.39 is 17.0 Å². The number of carbonyl (C=O) groups is 2. The number of aliphatic imine (C=N–C) groups is 1. The molecule has 1 aromatic rings. The van der Waals surface area contributed by atoms with Gasteiger partial charge in [0.05, 0.1) is 25.3 Å². The van der Waals surface area contributed by atoms with Crippen molar-refractivity contribution in [3.8, 4) is 0 Å². The average Bonchev–Trinajstić information content (AvgIpc) is 3.15. The van der Waals surface area contributed by atoms with E-state index in [4.69, 9.17) is 4.74 Å². The highest BCUT2D eigenvalue weighted by Crippen LogP contribution is 2.54. The van der Waals surface area contributed by atoms with Crippen LogP contribution in [0.2, 0.25) is 0 Å². The van der Waals surface area contributed by atoms with Crippen LogP contribution in [0.3, 0.4) is 0 Å². The fourth-order valence-corrected chi connectivity index (χ4v) is 4.62. The number of amidine groups is 1. The topological polar surface area (TPSA) is 118 Å². The third-order valence-corrected chi connectivity index (χ3v) is 6.45. The van der Waals surface area contributed by atoms with Crippen LogP contribution in [0.4, 0.5) is 0 Å². The number of aryl methyl sites for hydroxylation is 1. The van der Waals surface area contributed by atoms with Gasteiger partial charge in [-0.3, -0.25) is 19.4 Å². The lowest BCUT2D eigenvalue weighted by Gasteiger charge is -2.28. The zero-order chi connectivity index (χ0) is 21.5. The summed E-state index contributed by atoms with van der Waals surface area (Å²) in [6.45, 7) is 1.30. The van der Waals surface area contributed by atoms with Crippen LogP contribution >= 0.6 is 0 Å². The number of methoxy groups -OCH3 is 1. The third kappa shape index (κ3) is 4.04. The molecule has 1 amide bonds. The molecule has 2 atom stereocenters. The molecule has 0 aromatic carbocycles. The van der Waals surface area contributed by atoms with Crippen LogP contribution in [0.5, 0.6) is 0 Å². The first-order valence-electron chi connectivity index (χ1n) is 9.79. The van der Waals surface area contributed by atoms with Crippen molar-refractivity contribution in [2.45, 2.75) is 25.3 Å². The van der Waals surface area contributed by atoms with Crippen molar-refractivity contribution in [1.82, 2.24) is 24.5 Å². The Bertz CT molecular complexity index is 964. The summed E-state index contributed by atoms with van der Waals surface area (Å²) >= 11 is 0. The molecule has 1 saturated carbocycles. The maximum atomic E-state index is 12.7. The maximum absolute atomic E-state index is 12.7. The number of rotatable bonds is 6.